The van der Waals surface area contributed by atoms with E-state index >= 15 is 0 Å². The van der Waals surface area contributed by atoms with Crippen LogP contribution in [0.25, 0.3) is 0 Å². The molecular formula is C22H26N2O2. The van der Waals surface area contributed by atoms with Crippen molar-refractivity contribution in [3.05, 3.63) is 71.8 Å². The topological polar surface area (TPSA) is 49.4 Å². The molecule has 2 amide bonds. The van der Waals surface area contributed by atoms with Gasteiger partial charge in [0.25, 0.3) is 0 Å². The minimum absolute atomic E-state index is 0.0860. The van der Waals surface area contributed by atoms with Gasteiger partial charge in [-0.3, -0.25) is 9.59 Å². The summed E-state index contributed by atoms with van der Waals surface area (Å²) in [5.74, 6) is 0.110. The van der Waals surface area contributed by atoms with Gasteiger partial charge in [-0.2, -0.15) is 0 Å². The van der Waals surface area contributed by atoms with Gasteiger partial charge in [0.2, 0.25) is 11.8 Å². The van der Waals surface area contributed by atoms with E-state index in [0.29, 0.717) is 19.5 Å². The van der Waals surface area contributed by atoms with Gasteiger partial charge in [0.15, 0.2) is 0 Å². The van der Waals surface area contributed by atoms with E-state index in [1.165, 1.54) is 11.1 Å². The Morgan fingerprint density at radius 3 is 2.15 bits per heavy atom. The average molecular weight is 350 g/mol. The first-order chi connectivity index (χ1) is 12.7. The lowest BCUT2D eigenvalue weighted by molar-refractivity contribution is -0.135. The summed E-state index contributed by atoms with van der Waals surface area (Å²) in [6, 6.07) is 20.4. The Kier molecular flexibility index (Phi) is 6.42. The first-order valence-corrected chi connectivity index (χ1v) is 9.38. The highest BCUT2D eigenvalue weighted by Gasteiger charge is 2.20. The largest absolute Gasteiger partial charge is 0.354 e. The number of hydrogen-bond acceptors (Lipinski definition) is 2. The average Bonchev–Trinajstić information content (AvgIpc) is 2.88. The van der Waals surface area contributed by atoms with E-state index < -0.39 is 0 Å². The molecule has 4 heteroatoms. The maximum absolute atomic E-state index is 12.4. The van der Waals surface area contributed by atoms with E-state index in [9.17, 15) is 9.59 Å². The Hall–Kier alpha value is -2.62. The van der Waals surface area contributed by atoms with Crippen molar-refractivity contribution in [3.8, 4) is 0 Å². The van der Waals surface area contributed by atoms with E-state index in [1.54, 1.807) is 4.90 Å². The van der Waals surface area contributed by atoms with Crippen LogP contribution in [0.15, 0.2) is 60.7 Å². The van der Waals surface area contributed by atoms with Crippen LogP contribution in [-0.4, -0.2) is 36.3 Å². The Morgan fingerprint density at radius 1 is 0.923 bits per heavy atom. The molecule has 26 heavy (non-hydrogen) atoms. The minimum Gasteiger partial charge on any atom is -0.354 e. The molecule has 1 fully saturated rings. The predicted octanol–water partition coefficient (Wildman–Crippen LogP) is 3.34. The Labute approximate surface area is 155 Å². The van der Waals surface area contributed by atoms with Gasteiger partial charge in [-0.1, -0.05) is 67.1 Å². The molecule has 0 saturated carbocycles. The van der Waals surface area contributed by atoms with Crippen LogP contribution in [0.1, 0.15) is 42.7 Å². The Bertz CT molecular complexity index is 676. The summed E-state index contributed by atoms with van der Waals surface area (Å²) in [5.41, 5.74) is 2.34. The van der Waals surface area contributed by atoms with Gasteiger partial charge >= 0.3 is 0 Å². The molecular weight excluding hydrogens is 324 g/mol. The van der Waals surface area contributed by atoms with Crippen LogP contribution in [0, 0.1) is 0 Å². The molecule has 136 valence electrons. The first kappa shape index (κ1) is 18.2. The third-order valence-corrected chi connectivity index (χ3v) is 4.91. The number of hydrogen-bond donors (Lipinski definition) is 1. The van der Waals surface area contributed by atoms with Gasteiger partial charge in [-0.15, -0.1) is 0 Å². The molecule has 4 nitrogen and oxygen atoms in total. The van der Waals surface area contributed by atoms with Gasteiger partial charge in [0, 0.05) is 25.4 Å². The van der Waals surface area contributed by atoms with Crippen molar-refractivity contribution in [2.45, 2.75) is 31.6 Å². The van der Waals surface area contributed by atoms with Crippen LogP contribution in [0.3, 0.4) is 0 Å². The Balaban J connectivity index is 1.64. The summed E-state index contributed by atoms with van der Waals surface area (Å²) in [7, 11) is 0. The molecule has 0 aromatic heterocycles. The van der Waals surface area contributed by atoms with E-state index in [4.69, 9.17) is 0 Å². The van der Waals surface area contributed by atoms with Gasteiger partial charge in [-0.25, -0.2) is 0 Å². The lowest BCUT2D eigenvalue weighted by atomic mass is 9.91. The number of nitrogens with one attached hydrogen (secondary N) is 1. The van der Waals surface area contributed by atoms with Crippen molar-refractivity contribution < 1.29 is 9.59 Å². The maximum atomic E-state index is 12.4. The number of amides is 2. The summed E-state index contributed by atoms with van der Waals surface area (Å²) in [4.78, 5) is 26.2. The second kappa shape index (κ2) is 9.18. The minimum atomic E-state index is -0.0860. The summed E-state index contributed by atoms with van der Waals surface area (Å²) >= 11 is 0. The lowest BCUT2D eigenvalue weighted by Crippen LogP contribution is -2.41. The first-order valence-electron chi connectivity index (χ1n) is 9.38. The highest BCUT2D eigenvalue weighted by molar-refractivity contribution is 5.84. The normalized spacial score (nSPS) is 15.0. The smallest absolute Gasteiger partial charge is 0.239 e. The van der Waals surface area contributed by atoms with E-state index in [2.05, 4.69) is 29.6 Å². The van der Waals surface area contributed by atoms with Gasteiger partial charge in [-0.05, 0) is 24.0 Å². The molecule has 0 radical (unpaired) electrons. The van der Waals surface area contributed by atoms with Gasteiger partial charge < -0.3 is 10.2 Å². The predicted molar refractivity (Wildman–Crippen MR) is 103 cm³/mol. The monoisotopic (exact) mass is 350 g/mol. The number of nitrogens with zero attached hydrogens (tertiary/aromatic N) is 1. The SMILES string of the molecule is O=C(CN1CCCCCC1=O)NCC(c1ccccc1)c1ccccc1. The number of carbonyl (C=O) groups excluding carboxylic acids is 2. The standard InChI is InChI=1S/C22H26N2O2/c25-21(17-24-15-9-3-8-14-22(24)26)23-16-20(18-10-4-1-5-11-18)19-12-6-2-7-13-19/h1-2,4-7,10-13,20H,3,8-9,14-17H2,(H,23,25). The van der Waals surface area contributed by atoms with Crippen molar-refractivity contribution in [1.82, 2.24) is 10.2 Å². The van der Waals surface area contributed by atoms with Crippen LogP contribution < -0.4 is 5.32 Å². The Morgan fingerprint density at radius 2 is 1.54 bits per heavy atom. The molecule has 3 rings (SSSR count). The maximum Gasteiger partial charge on any atom is 0.239 e. The van der Waals surface area contributed by atoms with Gasteiger partial charge in [0.1, 0.15) is 0 Å². The molecule has 1 saturated heterocycles. The molecule has 1 aliphatic rings. The summed E-state index contributed by atoms with van der Waals surface area (Å²) in [5, 5.41) is 3.04. The molecule has 0 bridgehead atoms. The quantitative estimate of drug-likeness (QED) is 0.869. The van der Waals surface area contributed by atoms with Gasteiger partial charge in [0.05, 0.1) is 6.54 Å². The number of benzene rings is 2. The van der Waals surface area contributed by atoms with Crippen molar-refractivity contribution in [3.63, 3.8) is 0 Å². The van der Waals surface area contributed by atoms with Crippen LogP contribution in [0.5, 0.6) is 0 Å². The molecule has 0 atom stereocenters. The van der Waals surface area contributed by atoms with E-state index in [-0.39, 0.29) is 24.3 Å². The zero-order chi connectivity index (χ0) is 18.2. The van der Waals surface area contributed by atoms with Crippen LogP contribution in [0.4, 0.5) is 0 Å². The molecule has 1 aliphatic heterocycles. The van der Waals surface area contributed by atoms with Crippen molar-refractivity contribution in [2.24, 2.45) is 0 Å². The highest BCUT2D eigenvalue weighted by Crippen LogP contribution is 2.23. The summed E-state index contributed by atoms with van der Waals surface area (Å²) in [6.07, 6.45) is 3.54. The second-order valence-electron chi connectivity index (χ2n) is 6.80. The third kappa shape index (κ3) is 4.94. The lowest BCUT2D eigenvalue weighted by Gasteiger charge is -2.22. The molecule has 0 aliphatic carbocycles. The molecule has 2 aromatic carbocycles. The fourth-order valence-electron chi connectivity index (χ4n) is 3.45. The fourth-order valence-corrected chi connectivity index (χ4v) is 3.45. The van der Waals surface area contributed by atoms with E-state index in [0.717, 1.165) is 19.3 Å². The highest BCUT2D eigenvalue weighted by atomic mass is 16.2. The zero-order valence-corrected chi connectivity index (χ0v) is 15.1. The van der Waals surface area contributed by atoms with Crippen molar-refractivity contribution in [2.75, 3.05) is 19.6 Å². The fraction of sp³-hybridized carbons (Fsp3) is 0.364. The summed E-state index contributed by atoms with van der Waals surface area (Å²) < 4.78 is 0. The molecule has 0 spiro atoms. The second-order valence-corrected chi connectivity index (χ2v) is 6.80. The number of rotatable bonds is 6. The number of carbonyl (C=O) groups is 2. The number of likely N-dealkylation sites (tertiary alicyclic amines) is 1. The zero-order valence-electron chi connectivity index (χ0n) is 15.1. The summed E-state index contributed by atoms with van der Waals surface area (Å²) in [6.45, 7) is 1.37. The van der Waals surface area contributed by atoms with Crippen LogP contribution in [0.2, 0.25) is 0 Å². The van der Waals surface area contributed by atoms with Crippen LogP contribution in [-0.2, 0) is 9.59 Å². The molecule has 0 unspecified atom stereocenters. The third-order valence-electron chi connectivity index (χ3n) is 4.91. The molecule has 1 N–H and O–H groups in total. The molecule has 2 aromatic rings. The van der Waals surface area contributed by atoms with Crippen LogP contribution >= 0.6 is 0 Å². The van der Waals surface area contributed by atoms with Crippen molar-refractivity contribution >= 4 is 11.8 Å². The molecule has 1 heterocycles. The van der Waals surface area contributed by atoms with Crippen molar-refractivity contribution in [1.29, 1.82) is 0 Å². The van der Waals surface area contributed by atoms with E-state index in [1.807, 2.05) is 36.4 Å².